The minimum absolute atomic E-state index is 0.511. The maximum Gasteiger partial charge on any atom is 0.232 e. The van der Waals surface area contributed by atoms with Crippen molar-refractivity contribution in [2.24, 2.45) is 0 Å². The predicted octanol–water partition coefficient (Wildman–Crippen LogP) is 3.35. The van der Waals surface area contributed by atoms with E-state index in [-0.39, 0.29) is 0 Å². The van der Waals surface area contributed by atoms with Crippen LogP contribution in [-0.2, 0) is 0 Å². The van der Waals surface area contributed by atoms with Gasteiger partial charge in [-0.2, -0.15) is 15.0 Å². The van der Waals surface area contributed by atoms with Crippen LogP contribution in [0.3, 0.4) is 0 Å². The Bertz CT molecular complexity index is 813. The smallest absolute Gasteiger partial charge is 0.232 e. The summed E-state index contributed by atoms with van der Waals surface area (Å²) >= 11 is 0. The van der Waals surface area contributed by atoms with Crippen LogP contribution in [0, 0.1) is 0 Å². The zero-order valence-electron chi connectivity index (χ0n) is 13.1. The van der Waals surface area contributed by atoms with Crippen LogP contribution < -0.4 is 10.2 Å². The van der Waals surface area contributed by atoms with Crippen molar-refractivity contribution in [1.82, 2.24) is 15.0 Å². The van der Waals surface area contributed by atoms with Gasteiger partial charge in [-0.1, -0.05) is 36.4 Å². The Balaban J connectivity index is 2.01. The fraction of sp³-hybridized carbons (Fsp3) is 0.111. The first-order chi connectivity index (χ1) is 11.2. The van der Waals surface area contributed by atoms with Crippen LogP contribution in [0.25, 0.3) is 5.57 Å². The first-order valence-electron chi connectivity index (χ1n) is 7.28. The molecule has 0 saturated carbocycles. The zero-order valence-corrected chi connectivity index (χ0v) is 13.1. The summed E-state index contributed by atoms with van der Waals surface area (Å²) in [4.78, 5) is 15.4. The van der Waals surface area contributed by atoms with Crippen molar-refractivity contribution < 1.29 is 0 Å². The molecule has 0 spiro atoms. The summed E-state index contributed by atoms with van der Waals surface area (Å²) in [5.74, 6) is 1.71. The summed E-state index contributed by atoms with van der Waals surface area (Å²) in [6.07, 6.45) is 9.52. The van der Waals surface area contributed by atoms with Gasteiger partial charge in [-0.3, -0.25) is 0 Å². The molecule has 114 valence electrons. The third kappa shape index (κ3) is 3.73. The van der Waals surface area contributed by atoms with Crippen LogP contribution in [0.4, 0.5) is 17.6 Å². The lowest BCUT2D eigenvalue weighted by Crippen LogP contribution is -2.15. The Morgan fingerprint density at radius 3 is 2.61 bits per heavy atom. The molecule has 0 bridgehead atoms. The maximum atomic E-state index is 4.53. The van der Waals surface area contributed by atoms with Gasteiger partial charge in [0.1, 0.15) is 0 Å². The molecule has 0 unspecified atom stereocenters. The van der Waals surface area contributed by atoms with Crippen molar-refractivity contribution in [2.45, 2.75) is 0 Å². The highest BCUT2D eigenvalue weighted by atomic mass is 15.3. The Kier molecular flexibility index (Phi) is 4.32. The van der Waals surface area contributed by atoms with Crippen molar-refractivity contribution in [3.05, 3.63) is 72.3 Å². The van der Waals surface area contributed by atoms with Crippen LogP contribution in [-0.4, -0.2) is 29.0 Å². The summed E-state index contributed by atoms with van der Waals surface area (Å²) < 4.78 is 0. The summed E-state index contributed by atoms with van der Waals surface area (Å²) in [5.41, 5.74) is 4.89. The lowest BCUT2D eigenvalue weighted by molar-refractivity contribution is 0.947. The molecular weight excluding hydrogens is 286 g/mol. The van der Waals surface area contributed by atoms with Crippen molar-refractivity contribution in [1.29, 1.82) is 0 Å². The standard InChI is InChI=1S/C18H17N5/c1-23(2)18-21-16(14-10-6-3-4-7-11-14)20-17(22-18)19-15-12-8-5-9-13-15/h3-6,8-13H,1-2H3,(H,19,20,21,22). The van der Waals surface area contributed by atoms with Crippen LogP contribution >= 0.6 is 0 Å². The molecule has 1 N–H and O–H groups in total. The third-order valence-corrected chi connectivity index (χ3v) is 3.13. The molecule has 5 nitrogen and oxygen atoms in total. The first kappa shape index (κ1) is 14.8. The van der Waals surface area contributed by atoms with E-state index in [1.807, 2.05) is 79.7 Å². The van der Waals surface area contributed by atoms with Crippen LogP contribution in [0.1, 0.15) is 5.82 Å². The molecule has 23 heavy (non-hydrogen) atoms. The number of aromatic nitrogens is 3. The molecule has 5 heteroatoms. The molecule has 0 aliphatic heterocycles. The number of nitrogens with one attached hydrogen (secondary N) is 1. The highest BCUT2D eigenvalue weighted by molar-refractivity contribution is 5.72. The molecule has 0 atom stereocenters. The third-order valence-electron chi connectivity index (χ3n) is 3.13. The predicted molar refractivity (Wildman–Crippen MR) is 93.6 cm³/mol. The summed E-state index contributed by atoms with van der Waals surface area (Å²) in [7, 11) is 3.81. The molecule has 3 rings (SSSR count). The van der Waals surface area contributed by atoms with Gasteiger partial charge >= 0.3 is 0 Å². The van der Waals surface area contributed by atoms with Crippen molar-refractivity contribution in [2.75, 3.05) is 24.3 Å². The monoisotopic (exact) mass is 303 g/mol. The number of allylic oxidation sites excluding steroid dienone is 5. The Labute approximate surface area is 135 Å². The Morgan fingerprint density at radius 1 is 1.00 bits per heavy atom. The van der Waals surface area contributed by atoms with E-state index >= 15 is 0 Å². The minimum atomic E-state index is 0.511. The van der Waals surface area contributed by atoms with Gasteiger partial charge in [-0.15, -0.1) is 5.73 Å². The normalized spacial score (nSPS) is 12.7. The lowest BCUT2D eigenvalue weighted by atomic mass is 10.2. The van der Waals surface area contributed by atoms with Crippen LogP contribution in [0.5, 0.6) is 0 Å². The van der Waals surface area contributed by atoms with Crippen molar-refractivity contribution >= 4 is 23.2 Å². The molecule has 0 saturated heterocycles. The first-order valence-corrected chi connectivity index (χ1v) is 7.28. The number of benzene rings is 1. The van der Waals surface area contributed by atoms with E-state index in [2.05, 4.69) is 26.0 Å². The van der Waals surface area contributed by atoms with Gasteiger partial charge in [-0.05, 0) is 24.3 Å². The molecular formula is C18H17N5. The molecule has 1 aliphatic carbocycles. The van der Waals surface area contributed by atoms with Gasteiger partial charge in [0.2, 0.25) is 11.9 Å². The summed E-state index contributed by atoms with van der Waals surface area (Å²) in [6.45, 7) is 0. The van der Waals surface area contributed by atoms with Gasteiger partial charge in [0.15, 0.2) is 5.82 Å². The van der Waals surface area contributed by atoms with E-state index in [4.69, 9.17) is 0 Å². The second kappa shape index (κ2) is 6.73. The van der Waals surface area contributed by atoms with Crippen LogP contribution in [0.15, 0.2) is 66.4 Å². The maximum absolute atomic E-state index is 4.53. The summed E-state index contributed by atoms with van der Waals surface area (Å²) in [5, 5.41) is 3.22. The average Bonchev–Trinajstić information content (AvgIpc) is 2.85. The van der Waals surface area contributed by atoms with E-state index < -0.39 is 0 Å². The quantitative estimate of drug-likeness (QED) is 0.878. The highest BCUT2D eigenvalue weighted by Gasteiger charge is 2.11. The molecule has 1 heterocycles. The lowest BCUT2D eigenvalue weighted by Gasteiger charge is -2.13. The molecule has 0 radical (unpaired) electrons. The SMILES string of the molecule is CN(C)c1nc(Nc2ccccc2)nc(C2=CC=CC=C=C2)n1. The topological polar surface area (TPSA) is 53.9 Å². The second-order valence-electron chi connectivity index (χ2n) is 5.15. The number of anilines is 3. The molecule has 1 aromatic carbocycles. The van der Waals surface area contributed by atoms with E-state index in [1.54, 1.807) is 0 Å². The van der Waals surface area contributed by atoms with E-state index in [1.165, 1.54) is 0 Å². The number of hydrogen-bond acceptors (Lipinski definition) is 5. The van der Waals surface area contributed by atoms with Crippen molar-refractivity contribution in [3.63, 3.8) is 0 Å². The fourth-order valence-electron chi connectivity index (χ4n) is 2.00. The van der Waals surface area contributed by atoms with Gasteiger partial charge in [0, 0.05) is 25.4 Å². The largest absolute Gasteiger partial charge is 0.347 e. The number of nitrogens with zero attached hydrogens (tertiary/aromatic N) is 4. The summed E-state index contributed by atoms with van der Waals surface area (Å²) in [6, 6.07) is 9.83. The Morgan fingerprint density at radius 2 is 1.83 bits per heavy atom. The Hall–Kier alpha value is -3.17. The second-order valence-corrected chi connectivity index (χ2v) is 5.15. The zero-order chi connectivity index (χ0) is 16.1. The highest BCUT2D eigenvalue weighted by Crippen LogP contribution is 2.19. The van der Waals surface area contributed by atoms with Gasteiger partial charge < -0.3 is 10.2 Å². The van der Waals surface area contributed by atoms with Gasteiger partial charge in [-0.25, -0.2) is 0 Å². The fourth-order valence-corrected chi connectivity index (χ4v) is 2.00. The van der Waals surface area contributed by atoms with Gasteiger partial charge in [0.05, 0.1) is 0 Å². The molecule has 1 aliphatic rings. The molecule has 0 fully saturated rings. The van der Waals surface area contributed by atoms with Gasteiger partial charge in [0.25, 0.3) is 0 Å². The number of rotatable bonds is 4. The van der Waals surface area contributed by atoms with E-state index in [9.17, 15) is 0 Å². The van der Waals surface area contributed by atoms with Crippen molar-refractivity contribution in [3.8, 4) is 0 Å². The van der Waals surface area contributed by atoms with Crippen LogP contribution in [0.2, 0.25) is 0 Å². The molecule has 2 aromatic rings. The van der Waals surface area contributed by atoms with E-state index in [0.29, 0.717) is 17.7 Å². The van der Waals surface area contributed by atoms with E-state index in [0.717, 1.165) is 11.3 Å². The number of para-hydroxylation sites is 1. The minimum Gasteiger partial charge on any atom is -0.347 e. The average molecular weight is 303 g/mol. The number of hydrogen-bond donors (Lipinski definition) is 1. The molecule has 1 aromatic heterocycles. The molecule has 0 amide bonds.